The molecule has 3 nitrogen and oxygen atoms in total. The lowest BCUT2D eigenvalue weighted by Crippen LogP contribution is -2.09. The van der Waals surface area contributed by atoms with Crippen LogP contribution >= 0.6 is 43.5 Å². The summed E-state index contributed by atoms with van der Waals surface area (Å²) in [5.74, 6) is -0.164. The fourth-order valence-electron chi connectivity index (χ4n) is 1.47. The lowest BCUT2D eigenvalue weighted by atomic mass is 10.1. The summed E-state index contributed by atoms with van der Waals surface area (Å²) in [5, 5.41) is 4.43. The third kappa shape index (κ3) is 2.46. The first kappa shape index (κ1) is 12.8. The lowest BCUT2D eigenvalue weighted by Gasteiger charge is -2.05. The first-order valence-electron chi connectivity index (χ1n) is 4.68. The van der Waals surface area contributed by atoms with Crippen molar-refractivity contribution in [3.05, 3.63) is 49.6 Å². The number of aryl methyl sites for hydroxylation is 1. The molecule has 0 aliphatic rings. The lowest BCUT2D eigenvalue weighted by molar-refractivity contribution is 0.102. The Morgan fingerprint density at radius 2 is 2.12 bits per heavy atom. The van der Waals surface area contributed by atoms with Crippen LogP contribution in [0.1, 0.15) is 16.1 Å². The van der Waals surface area contributed by atoms with Gasteiger partial charge in [-0.1, -0.05) is 27.5 Å². The van der Waals surface area contributed by atoms with Crippen LogP contribution < -0.4 is 0 Å². The minimum Gasteiger partial charge on any atom is -0.287 e. The Kier molecular flexibility index (Phi) is 3.70. The fourth-order valence-corrected chi connectivity index (χ4v) is 2.56. The topological polar surface area (TPSA) is 34.9 Å². The summed E-state index contributed by atoms with van der Waals surface area (Å²) >= 11 is 12.6. The normalized spacial score (nSPS) is 10.6. The van der Waals surface area contributed by atoms with Crippen LogP contribution in [0, 0.1) is 0 Å². The molecule has 2 rings (SSSR count). The smallest absolute Gasteiger partial charge is 0.213 e. The molecular formula is C11H7Br2ClN2O. The number of hydrogen-bond donors (Lipinski definition) is 0. The molecule has 1 heterocycles. The van der Waals surface area contributed by atoms with E-state index in [9.17, 15) is 4.79 Å². The summed E-state index contributed by atoms with van der Waals surface area (Å²) in [7, 11) is 1.71. The van der Waals surface area contributed by atoms with Crippen molar-refractivity contribution in [1.29, 1.82) is 0 Å². The molecule has 0 aliphatic heterocycles. The van der Waals surface area contributed by atoms with Crippen molar-refractivity contribution in [2.24, 2.45) is 7.05 Å². The van der Waals surface area contributed by atoms with Gasteiger partial charge in [-0.2, -0.15) is 5.10 Å². The van der Waals surface area contributed by atoms with Crippen molar-refractivity contribution in [3.63, 3.8) is 0 Å². The molecule has 0 fully saturated rings. The average molecular weight is 378 g/mol. The van der Waals surface area contributed by atoms with Gasteiger partial charge in [-0.3, -0.25) is 9.48 Å². The number of benzene rings is 1. The fraction of sp³-hybridized carbons (Fsp3) is 0.0909. The molecule has 88 valence electrons. The highest BCUT2D eigenvalue weighted by Crippen LogP contribution is 2.26. The molecule has 0 saturated heterocycles. The number of ketones is 1. The van der Waals surface area contributed by atoms with Gasteiger partial charge < -0.3 is 0 Å². The van der Waals surface area contributed by atoms with Crippen LogP contribution in [0.25, 0.3) is 0 Å². The Hall–Kier alpha value is -0.650. The maximum Gasteiger partial charge on any atom is 0.213 e. The summed E-state index contributed by atoms with van der Waals surface area (Å²) in [4.78, 5) is 12.3. The quantitative estimate of drug-likeness (QED) is 0.745. The van der Waals surface area contributed by atoms with Gasteiger partial charge in [0, 0.05) is 17.1 Å². The average Bonchev–Trinajstić information content (AvgIpc) is 2.61. The number of hydrogen-bond acceptors (Lipinski definition) is 2. The maximum absolute atomic E-state index is 12.3. The Morgan fingerprint density at radius 3 is 2.71 bits per heavy atom. The number of aromatic nitrogens is 2. The Labute approximate surface area is 120 Å². The van der Waals surface area contributed by atoms with Crippen LogP contribution in [0.15, 0.2) is 33.3 Å². The highest BCUT2D eigenvalue weighted by atomic mass is 79.9. The van der Waals surface area contributed by atoms with E-state index in [1.807, 2.05) is 0 Å². The number of rotatable bonds is 2. The summed E-state index contributed by atoms with van der Waals surface area (Å²) in [6, 6.07) is 5.17. The van der Waals surface area contributed by atoms with Gasteiger partial charge >= 0.3 is 0 Å². The van der Waals surface area contributed by atoms with Crippen LogP contribution in [0.3, 0.4) is 0 Å². The van der Waals surface area contributed by atoms with E-state index >= 15 is 0 Å². The van der Waals surface area contributed by atoms with E-state index in [2.05, 4.69) is 37.0 Å². The molecule has 0 saturated carbocycles. The molecule has 0 aliphatic carbocycles. The minimum atomic E-state index is -0.164. The first-order chi connectivity index (χ1) is 8.00. The molecule has 2 aromatic rings. The van der Waals surface area contributed by atoms with Gasteiger partial charge in [-0.05, 0) is 34.1 Å². The third-order valence-corrected chi connectivity index (χ3v) is 3.69. The van der Waals surface area contributed by atoms with Crippen molar-refractivity contribution >= 4 is 49.2 Å². The van der Waals surface area contributed by atoms with Crippen LogP contribution in [0.5, 0.6) is 0 Å². The van der Waals surface area contributed by atoms with Crippen LogP contribution in [-0.4, -0.2) is 15.6 Å². The standard InChI is InChI=1S/C11H7Br2ClN2O/c1-16-10(8(13)5-15-16)11(17)7-4-6(12)2-3-9(7)14/h2-5H,1H3. The zero-order valence-corrected chi connectivity index (χ0v) is 12.7. The zero-order chi connectivity index (χ0) is 12.6. The zero-order valence-electron chi connectivity index (χ0n) is 8.75. The Balaban J connectivity index is 2.55. The highest BCUT2D eigenvalue weighted by Gasteiger charge is 2.19. The molecular weight excluding hydrogens is 371 g/mol. The first-order valence-corrected chi connectivity index (χ1v) is 6.64. The summed E-state index contributed by atoms with van der Waals surface area (Å²) in [6.45, 7) is 0. The second kappa shape index (κ2) is 4.92. The van der Waals surface area contributed by atoms with Crippen molar-refractivity contribution in [1.82, 2.24) is 9.78 Å². The number of carbonyl (C=O) groups is 1. The van der Waals surface area contributed by atoms with Gasteiger partial charge in [-0.15, -0.1) is 0 Å². The van der Waals surface area contributed by atoms with Crippen molar-refractivity contribution in [2.45, 2.75) is 0 Å². The molecule has 1 aromatic carbocycles. The van der Waals surface area contributed by atoms with E-state index in [0.717, 1.165) is 4.47 Å². The Morgan fingerprint density at radius 1 is 1.41 bits per heavy atom. The van der Waals surface area contributed by atoms with Gasteiger partial charge in [0.05, 0.1) is 15.7 Å². The monoisotopic (exact) mass is 376 g/mol. The summed E-state index contributed by atoms with van der Waals surface area (Å²) in [5.41, 5.74) is 0.926. The molecule has 0 radical (unpaired) electrons. The number of halogens is 3. The van der Waals surface area contributed by atoms with Crippen molar-refractivity contribution < 1.29 is 4.79 Å². The number of nitrogens with zero attached hydrogens (tertiary/aromatic N) is 2. The van der Waals surface area contributed by atoms with Gasteiger partial charge in [0.15, 0.2) is 0 Å². The molecule has 0 amide bonds. The predicted octanol–water partition coefficient (Wildman–Crippen LogP) is 3.83. The second-order valence-electron chi connectivity index (χ2n) is 3.42. The molecule has 0 spiro atoms. The van der Waals surface area contributed by atoms with Gasteiger partial charge in [0.1, 0.15) is 5.69 Å². The van der Waals surface area contributed by atoms with Gasteiger partial charge in [0.25, 0.3) is 0 Å². The van der Waals surface area contributed by atoms with Gasteiger partial charge in [0.2, 0.25) is 5.78 Å². The molecule has 0 bridgehead atoms. The van der Waals surface area contributed by atoms with Crippen molar-refractivity contribution in [3.8, 4) is 0 Å². The highest BCUT2D eigenvalue weighted by molar-refractivity contribution is 9.10. The molecule has 17 heavy (non-hydrogen) atoms. The second-order valence-corrected chi connectivity index (χ2v) is 5.60. The van der Waals surface area contributed by atoms with E-state index < -0.39 is 0 Å². The van der Waals surface area contributed by atoms with Crippen LogP contribution in [-0.2, 0) is 7.05 Å². The maximum atomic E-state index is 12.3. The van der Waals surface area contributed by atoms with Crippen LogP contribution in [0.4, 0.5) is 0 Å². The van der Waals surface area contributed by atoms with E-state index in [0.29, 0.717) is 20.8 Å². The van der Waals surface area contributed by atoms with Crippen molar-refractivity contribution in [2.75, 3.05) is 0 Å². The molecule has 0 N–H and O–H groups in total. The SMILES string of the molecule is Cn1ncc(Br)c1C(=O)c1cc(Br)ccc1Cl. The largest absolute Gasteiger partial charge is 0.287 e. The number of carbonyl (C=O) groups excluding carboxylic acids is 1. The van der Waals surface area contributed by atoms with Gasteiger partial charge in [-0.25, -0.2) is 0 Å². The van der Waals surface area contributed by atoms with E-state index in [1.165, 1.54) is 4.68 Å². The van der Waals surface area contributed by atoms with E-state index in [4.69, 9.17) is 11.6 Å². The predicted molar refractivity (Wildman–Crippen MR) is 73.5 cm³/mol. The molecule has 0 atom stereocenters. The van der Waals surface area contributed by atoms with E-state index in [-0.39, 0.29) is 5.78 Å². The van der Waals surface area contributed by atoms with Crippen LogP contribution in [0.2, 0.25) is 5.02 Å². The van der Waals surface area contributed by atoms with E-state index in [1.54, 1.807) is 31.4 Å². The third-order valence-electron chi connectivity index (χ3n) is 2.28. The Bertz CT molecular complexity index is 576. The molecule has 1 aromatic heterocycles. The minimum absolute atomic E-state index is 0.164. The summed E-state index contributed by atoms with van der Waals surface area (Å²) < 4.78 is 2.98. The molecule has 0 unspecified atom stereocenters. The molecule has 6 heteroatoms. The summed E-state index contributed by atoms with van der Waals surface area (Å²) in [6.07, 6.45) is 1.58.